The van der Waals surface area contributed by atoms with Crippen molar-refractivity contribution in [3.63, 3.8) is 0 Å². The van der Waals surface area contributed by atoms with Crippen molar-refractivity contribution in [3.8, 4) is 0 Å². The molecule has 3 rings (SSSR count). The molecule has 0 unspecified atom stereocenters. The number of nitrogens with zero attached hydrogens (tertiary/aromatic N) is 2. The normalized spacial score (nSPS) is 24.5. The van der Waals surface area contributed by atoms with E-state index in [0.29, 0.717) is 37.2 Å². The van der Waals surface area contributed by atoms with Crippen LogP contribution in [0.15, 0.2) is 28.8 Å². The fourth-order valence-corrected chi connectivity index (χ4v) is 3.66. The number of likely N-dealkylation sites (tertiary alicyclic amines) is 1. The van der Waals surface area contributed by atoms with Crippen molar-refractivity contribution in [3.05, 3.63) is 30.0 Å². The van der Waals surface area contributed by atoms with Crippen molar-refractivity contribution in [2.75, 3.05) is 19.7 Å². The van der Waals surface area contributed by atoms with Gasteiger partial charge in [0.25, 0.3) is 0 Å². The zero-order valence-electron chi connectivity index (χ0n) is 13.9. The summed E-state index contributed by atoms with van der Waals surface area (Å²) in [5.74, 6) is -0.0464. The predicted molar refractivity (Wildman–Crippen MR) is 89.3 cm³/mol. The molecule has 6 nitrogen and oxygen atoms in total. The molecule has 2 aromatic rings. The first kappa shape index (κ1) is 16.9. The topological polar surface area (TPSA) is 86.8 Å². The van der Waals surface area contributed by atoms with Crippen LogP contribution in [0.3, 0.4) is 0 Å². The number of carbonyl (C=O) groups excluding carboxylic acids is 1. The van der Waals surface area contributed by atoms with Gasteiger partial charge in [-0.2, -0.15) is 0 Å². The lowest BCUT2D eigenvalue weighted by molar-refractivity contribution is -0.141. The first-order chi connectivity index (χ1) is 11.6. The molecule has 0 spiro atoms. The molecule has 130 valence electrons. The number of hydrogen-bond acceptors (Lipinski definition) is 5. The van der Waals surface area contributed by atoms with E-state index in [2.05, 4.69) is 5.16 Å². The summed E-state index contributed by atoms with van der Waals surface area (Å²) in [6.45, 7) is 2.79. The maximum Gasteiger partial charge on any atom is 0.228 e. The van der Waals surface area contributed by atoms with Gasteiger partial charge < -0.3 is 19.6 Å². The highest BCUT2D eigenvalue weighted by Crippen LogP contribution is 2.35. The van der Waals surface area contributed by atoms with Gasteiger partial charge in [0.1, 0.15) is 5.69 Å². The van der Waals surface area contributed by atoms with E-state index >= 15 is 0 Å². The van der Waals surface area contributed by atoms with Crippen molar-refractivity contribution < 1.29 is 19.5 Å². The molecular weight excluding hydrogens is 308 g/mol. The zero-order chi connectivity index (χ0) is 17.2. The van der Waals surface area contributed by atoms with Crippen LogP contribution in [0.4, 0.5) is 0 Å². The van der Waals surface area contributed by atoms with E-state index in [9.17, 15) is 15.0 Å². The number of aliphatic hydroxyl groups is 2. The van der Waals surface area contributed by atoms with E-state index in [-0.39, 0.29) is 18.9 Å². The van der Waals surface area contributed by atoms with Gasteiger partial charge in [0, 0.05) is 23.9 Å². The Kier molecular flexibility index (Phi) is 4.87. The predicted octanol–water partition coefficient (Wildman–Crippen LogP) is 1.74. The number of piperidine rings is 1. The van der Waals surface area contributed by atoms with Crippen LogP contribution in [0.5, 0.6) is 0 Å². The Morgan fingerprint density at radius 2 is 2.25 bits per heavy atom. The minimum atomic E-state index is -0.617. The number of carbonyl (C=O) groups is 1. The van der Waals surface area contributed by atoms with Gasteiger partial charge >= 0.3 is 0 Å². The van der Waals surface area contributed by atoms with E-state index in [4.69, 9.17) is 4.52 Å². The number of rotatable bonds is 5. The van der Waals surface area contributed by atoms with Gasteiger partial charge in [-0.3, -0.25) is 4.79 Å². The summed E-state index contributed by atoms with van der Waals surface area (Å²) in [4.78, 5) is 14.4. The highest BCUT2D eigenvalue weighted by molar-refractivity contribution is 5.86. The van der Waals surface area contributed by atoms with Gasteiger partial charge in [0.15, 0.2) is 5.58 Å². The summed E-state index contributed by atoms with van der Waals surface area (Å²) in [6, 6.07) is 7.48. The Morgan fingerprint density at radius 1 is 1.46 bits per heavy atom. The minimum absolute atomic E-state index is 0.0464. The second-order valence-corrected chi connectivity index (χ2v) is 6.69. The van der Waals surface area contributed by atoms with Gasteiger partial charge in [0.05, 0.1) is 19.1 Å². The average molecular weight is 332 g/mol. The molecule has 1 aliphatic heterocycles. The van der Waals surface area contributed by atoms with Gasteiger partial charge in [0.2, 0.25) is 5.91 Å². The van der Waals surface area contributed by atoms with Gasteiger partial charge in [-0.05, 0) is 25.0 Å². The molecule has 1 aromatic carbocycles. The Hall–Kier alpha value is -1.92. The summed E-state index contributed by atoms with van der Waals surface area (Å²) < 4.78 is 5.25. The number of amides is 1. The second kappa shape index (κ2) is 6.91. The lowest BCUT2D eigenvalue weighted by Gasteiger charge is -2.45. The molecule has 1 fully saturated rings. The van der Waals surface area contributed by atoms with E-state index < -0.39 is 11.5 Å². The summed E-state index contributed by atoms with van der Waals surface area (Å²) >= 11 is 0. The molecule has 24 heavy (non-hydrogen) atoms. The van der Waals surface area contributed by atoms with E-state index in [0.717, 1.165) is 11.8 Å². The smallest absolute Gasteiger partial charge is 0.228 e. The van der Waals surface area contributed by atoms with Crippen LogP contribution in [-0.2, 0) is 11.2 Å². The van der Waals surface area contributed by atoms with Gasteiger partial charge in [-0.15, -0.1) is 0 Å². The van der Waals surface area contributed by atoms with Crippen LogP contribution in [-0.4, -0.2) is 52.0 Å². The van der Waals surface area contributed by atoms with Crippen molar-refractivity contribution in [2.45, 2.75) is 38.7 Å². The summed E-state index contributed by atoms with van der Waals surface area (Å²) in [7, 11) is 0. The van der Waals surface area contributed by atoms with Crippen molar-refractivity contribution in [1.82, 2.24) is 10.1 Å². The van der Waals surface area contributed by atoms with Crippen molar-refractivity contribution >= 4 is 16.9 Å². The molecule has 1 amide bonds. The number of hydrogen-bond donors (Lipinski definition) is 2. The monoisotopic (exact) mass is 332 g/mol. The summed E-state index contributed by atoms with van der Waals surface area (Å²) in [6.07, 6.45) is 1.64. The third kappa shape index (κ3) is 3.03. The Balaban J connectivity index is 1.75. The molecule has 1 saturated heterocycles. The molecule has 0 saturated carbocycles. The number of aromatic nitrogens is 1. The standard InChI is InChI=1S/C18H24N2O4/c1-2-8-18(12-21)11-20(9-7-16(18)22)17(23)10-14-13-5-3-4-6-15(13)24-19-14/h3-6,16,21-22H,2,7-12H2,1H3/t16-,18+/m1/s1. The minimum Gasteiger partial charge on any atom is -0.396 e. The second-order valence-electron chi connectivity index (χ2n) is 6.69. The maximum absolute atomic E-state index is 12.7. The van der Waals surface area contributed by atoms with E-state index in [1.54, 1.807) is 4.90 Å². The van der Waals surface area contributed by atoms with E-state index in [1.807, 2.05) is 31.2 Å². The fraction of sp³-hybridized carbons (Fsp3) is 0.556. The molecule has 1 aromatic heterocycles. The highest BCUT2D eigenvalue weighted by Gasteiger charge is 2.42. The molecule has 0 radical (unpaired) electrons. The SMILES string of the molecule is CCC[C@@]1(CO)CN(C(=O)Cc2noc3ccccc23)CC[C@H]1O. The maximum atomic E-state index is 12.7. The summed E-state index contributed by atoms with van der Waals surface area (Å²) in [5.41, 5.74) is 0.686. The zero-order valence-corrected chi connectivity index (χ0v) is 13.9. The third-order valence-corrected chi connectivity index (χ3v) is 5.07. The first-order valence-corrected chi connectivity index (χ1v) is 8.49. The molecule has 1 aliphatic rings. The fourth-order valence-electron chi connectivity index (χ4n) is 3.66. The van der Waals surface area contributed by atoms with Crippen LogP contribution in [0.1, 0.15) is 31.9 Å². The van der Waals surface area contributed by atoms with Crippen LogP contribution in [0.2, 0.25) is 0 Å². The van der Waals surface area contributed by atoms with Crippen molar-refractivity contribution in [1.29, 1.82) is 0 Å². The van der Waals surface area contributed by atoms with Crippen LogP contribution >= 0.6 is 0 Å². The molecule has 0 aliphatic carbocycles. The molecule has 2 atom stereocenters. The highest BCUT2D eigenvalue weighted by atomic mass is 16.5. The Morgan fingerprint density at radius 3 is 3.00 bits per heavy atom. The third-order valence-electron chi connectivity index (χ3n) is 5.07. The van der Waals surface area contributed by atoms with Gasteiger partial charge in [-0.1, -0.05) is 30.6 Å². The lowest BCUT2D eigenvalue weighted by Crippen LogP contribution is -2.55. The quantitative estimate of drug-likeness (QED) is 0.871. The first-order valence-electron chi connectivity index (χ1n) is 8.49. The molecule has 0 bridgehead atoms. The molecule has 2 N–H and O–H groups in total. The number of benzene rings is 1. The summed E-state index contributed by atoms with van der Waals surface area (Å²) in [5, 5.41) is 25.0. The van der Waals surface area contributed by atoms with Crippen molar-refractivity contribution in [2.24, 2.45) is 5.41 Å². The average Bonchev–Trinajstić information content (AvgIpc) is 3.00. The van der Waals surface area contributed by atoms with Gasteiger partial charge in [-0.25, -0.2) is 0 Å². The van der Waals surface area contributed by atoms with Crippen LogP contribution in [0, 0.1) is 5.41 Å². The van der Waals surface area contributed by atoms with Crippen LogP contribution < -0.4 is 0 Å². The lowest BCUT2D eigenvalue weighted by atomic mass is 9.74. The number of aliphatic hydroxyl groups excluding tert-OH is 2. The Labute approximate surface area is 141 Å². The largest absolute Gasteiger partial charge is 0.396 e. The number of para-hydroxylation sites is 1. The molecule has 6 heteroatoms. The number of fused-ring (bicyclic) bond motifs is 1. The molecule has 2 heterocycles. The molecular formula is C18H24N2O4. The van der Waals surface area contributed by atoms with Crippen LogP contribution in [0.25, 0.3) is 11.0 Å². The van der Waals surface area contributed by atoms with E-state index in [1.165, 1.54) is 0 Å². The Bertz CT molecular complexity index is 714.